The number of hydrogen-bond donors (Lipinski definition) is 2. The molecule has 0 saturated carbocycles. The van der Waals surface area contributed by atoms with Gasteiger partial charge in [-0.2, -0.15) is 0 Å². The Balaban J connectivity index is 2.23. The second-order valence-corrected chi connectivity index (χ2v) is 4.27. The fraction of sp³-hybridized carbons (Fsp3) is 0.143. The predicted molar refractivity (Wildman–Crippen MR) is 77.8 cm³/mol. The summed E-state index contributed by atoms with van der Waals surface area (Å²) in [7, 11) is 0. The average Bonchev–Trinajstić information content (AvgIpc) is 2.42. The number of halogens is 1. The second-order valence-electron chi connectivity index (χ2n) is 3.86. The Morgan fingerprint density at radius 3 is 2.79 bits per heavy atom. The maximum absolute atomic E-state index is 12.2. The van der Waals surface area contributed by atoms with Crippen molar-refractivity contribution in [1.29, 1.82) is 0 Å². The van der Waals surface area contributed by atoms with Crippen LogP contribution in [-0.2, 0) is 0 Å². The van der Waals surface area contributed by atoms with E-state index in [-0.39, 0.29) is 5.91 Å². The molecule has 0 aliphatic heterocycles. The summed E-state index contributed by atoms with van der Waals surface area (Å²) in [5.74, 6) is 0.326. The largest absolute Gasteiger partial charge is 0.370 e. The quantitative estimate of drug-likeness (QED) is 0.899. The highest BCUT2D eigenvalue weighted by Crippen LogP contribution is 2.22. The molecule has 0 fully saturated rings. The van der Waals surface area contributed by atoms with E-state index in [0.29, 0.717) is 28.6 Å². The molecule has 1 aromatic carbocycles. The van der Waals surface area contributed by atoms with Crippen LogP contribution in [0.3, 0.4) is 0 Å². The molecule has 0 spiro atoms. The van der Waals surface area contributed by atoms with Crippen LogP contribution in [0, 0.1) is 0 Å². The molecule has 2 N–H and O–H groups in total. The standard InChI is InChI=1S/C14H14ClN3O/c1-2-16-13-10(6-5-9-17-13)14(19)18-12-8-4-3-7-11(12)15/h3-9H,2H2,1H3,(H,16,17)(H,18,19). The first-order chi connectivity index (χ1) is 9.22. The molecule has 19 heavy (non-hydrogen) atoms. The highest BCUT2D eigenvalue weighted by Gasteiger charge is 2.12. The Labute approximate surface area is 116 Å². The Hall–Kier alpha value is -2.07. The molecule has 0 atom stereocenters. The van der Waals surface area contributed by atoms with Crippen LogP contribution in [0.1, 0.15) is 17.3 Å². The topological polar surface area (TPSA) is 54.0 Å². The van der Waals surface area contributed by atoms with Gasteiger partial charge < -0.3 is 10.6 Å². The van der Waals surface area contributed by atoms with Crippen molar-refractivity contribution in [2.75, 3.05) is 17.2 Å². The number of pyridine rings is 1. The van der Waals surface area contributed by atoms with Gasteiger partial charge >= 0.3 is 0 Å². The number of carbonyl (C=O) groups excluding carboxylic acids is 1. The molecular weight excluding hydrogens is 262 g/mol. The summed E-state index contributed by atoms with van der Waals surface area (Å²) in [5, 5.41) is 6.33. The van der Waals surface area contributed by atoms with E-state index in [2.05, 4.69) is 15.6 Å². The molecule has 0 unspecified atom stereocenters. The Morgan fingerprint density at radius 1 is 1.26 bits per heavy atom. The molecule has 1 aromatic heterocycles. The minimum Gasteiger partial charge on any atom is -0.370 e. The molecule has 0 bridgehead atoms. The number of rotatable bonds is 4. The predicted octanol–water partition coefficient (Wildman–Crippen LogP) is 3.42. The number of para-hydroxylation sites is 1. The first-order valence-corrected chi connectivity index (χ1v) is 6.35. The zero-order valence-corrected chi connectivity index (χ0v) is 11.2. The van der Waals surface area contributed by atoms with E-state index in [1.54, 1.807) is 30.5 Å². The number of nitrogens with zero attached hydrogens (tertiary/aromatic N) is 1. The van der Waals surface area contributed by atoms with Crippen molar-refractivity contribution in [3.05, 3.63) is 53.2 Å². The number of anilines is 2. The molecule has 0 saturated heterocycles. The summed E-state index contributed by atoms with van der Waals surface area (Å²) in [6, 6.07) is 10.6. The highest BCUT2D eigenvalue weighted by atomic mass is 35.5. The summed E-state index contributed by atoms with van der Waals surface area (Å²) in [4.78, 5) is 16.4. The van der Waals surface area contributed by atoms with Crippen LogP contribution in [0.4, 0.5) is 11.5 Å². The summed E-state index contributed by atoms with van der Waals surface area (Å²) < 4.78 is 0. The van der Waals surface area contributed by atoms with Gasteiger partial charge in [-0.15, -0.1) is 0 Å². The molecule has 2 aromatic rings. The molecule has 0 aliphatic carbocycles. The first-order valence-electron chi connectivity index (χ1n) is 5.97. The van der Waals surface area contributed by atoms with Gasteiger partial charge in [0, 0.05) is 12.7 Å². The van der Waals surface area contributed by atoms with Crippen molar-refractivity contribution in [2.45, 2.75) is 6.92 Å². The van der Waals surface area contributed by atoms with E-state index in [1.165, 1.54) is 0 Å². The zero-order chi connectivity index (χ0) is 13.7. The van der Waals surface area contributed by atoms with E-state index < -0.39 is 0 Å². The lowest BCUT2D eigenvalue weighted by Crippen LogP contribution is -2.15. The van der Waals surface area contributed by atoms with E-state index >= 15 is 0 Å². The lowest BCUT2D eigenvalue weighted by molar-refractivity contribution is 0.102. The van der Waals surface area contributed by atoms with Crippen LogP contribution in [0.2, 0.25) is 5.02 Å². The van der Waals surface area contributed by atoms with Crippen LogP contribution >= 0.6 is 11.6 Å². The normalized spacial score (nSPS) is 10.0. The van der Waals surface area contributed by atoms with Crippen LogP contribution in [0.25, 0.3) is 0 Å². The van der Waals surface area contributed by atoms with E-state index in [9.17, 15) is 4.79 Å². The van der Waals surface area contributed by atoms with Gasteiger partial charge in [-0.1, -0.05) is 23.7 Å². The summed E-state index contributed by atoms with van der Waals surface area (Å²) >= 11 is 6.01. The molecule has 4 nitrogen and oxygen atoms in total. The van der Waals surface area contributed by atoms with Gasteiger partial charge in [0.25, 0.3) is 5.91 Å². The SMILES string of the molecule is CCNc1ncccc1C(=O)Nc1ccccc1Cl. The number of nitrogens with one attached hydrogen (secondary N) is 2. The van der Waals surface area contributed by atoms with Crippen LogP contribution < -0.4 is 10.6 Å². The van der Waals surface area contributed by atoms with Crippen molar-refractivity contribution in [3.8, 4) is 0 Å². The maximum atomic E-state index is 12.2. The van der Waals surface area contributed by atoms with Crippen LogP contribution in [0.15, 0.2) is 42.6 Å². The third-order valence-corrected chi connectivity index (χ3v) is 2.85. The molecule has 1 amide bonds. The van der Waals surface area contributed by atoms with Gasteiger partial charge in [-0.05, 0) is 31.2 Å². The molecule has 98 valence electrons. The summed E-state index contributed by atoms with van der Waals surface area (Å²) in [5.41, 5.74) is 1.07. The van der Waals surface area contributed by atoms with Crippen molar-refractivity contribution in [2.24, 2.45) is 0 Å². The number of amides is 1. The average molecular weight is 276 g/mol. The Kier molecular flexibility index (Phi) is 4.36. The van der Waals surface area contributed by atoms with E-state index in [4.69, 9.17) is 11.6 Å². The minimum absolute atomic E-state index is 0.239. The molecule has 0 aliphatic rings. The number of aromatic nitrogens is 1. The maximum Gasteiger partial charge on any atom is 0.259 e. The van der Waals surface area contributed by atoms with Gasteiger partial charge in [0.05, 0.1) is 16.3 Å². The molecule has 0 radical (unpaired) electrons. The third-order valence-electron chi connectivity index (χ3n) is 2.52. The monoisotopic (exact) mass is 275 g/mol. The fourth-order valence-electron chi connectivity index (χ4n) is 1.65. The third kappa shape index (κ3) is 3.23. The Morgan fingerprint density at radius 2 is 2.05 bits per heavy atom. The van der Waals surface area contributed by atoms with Gasteiger partial charge in [-0.25, -0.2) is 4.98 Å². The van der Waals surface area contributed by atoms with Crippen molar-refractivity contribution < 1.29 is 4.79 Å². The van der Waals surface area contributed by atoms with Gasteiger partial charge in [-0.3, -0.25) is 4.79 Å². The van der Waals surface area contributed by atoms with Gasteiger partial charge in [0.2, 0.25) is 0 Å². The second kappa shape index (κ2) is 6.20. The Bertz CT molecular complexity index is 586. The molecule has 5 heteroatoms. The first kappa shape index (κ1) is 13.4. The zero-order valence-electron chi connectivity index (χ0n) is 10.5. The van der Waals surface area contributed by atoms with Crippen LogP contribution in [-0.4, -0.2) is 17.4 Å². The van der Waals surface area contributed by atoms with Crippen molar-refractivity contribution in [3.63, 3.8) is 0 Å². The molecule has 1 heterocycles. The number of benzene rings is 1. The van der Waals surface area contributed by atoms with E-state index in [0.717, 1.165) is 0 Å². The number of carbonyl (C=O) groups is 1. The van der Waals surface area contributed by atoms with Crippen LogP contribution in [0.5, 0.6) is 0 Å². The van der Waals surface area contributed by atoms with E-state index in [1.807, 2.05) is 19.1 Å². The minimum atomic E-state index is -0.239. The van der Waals surface area contributed by atoms with Crippen molar-refractivity contribution in [1.82, 2.24) is 4.98 Å². The lowest BCUT2D eigenvalue weighted by Gasteiger charge is -2.10. The lowest BCUT2D eigenvalue weighted by atomic mass is 10.2. The molecular formula is C14H14ClN3O. The highest BCUT2D eigenvalue weighted by molar-refractivity contribution is 6.34. The number of hydrogen-bond acceptors (Lipinski definition) is 3. The smallest absolute Gasteiger partial charge is 0.259 e. The van der Waals surface area contributed by atoms with Gasteiger partial charge in [0.1, 0.15) is 5.82 Å². The fourth-order valence-corrected chi connectivity index (χ4v) is 1.83. The molecule has 2 rings (SSSR count). The summed E-state index contributed by atoms with van der Waals surface area (Å²) in [6.45, 7) is 2.65. The van der Waals surface area contributed by atoms with Gasteiger partial charge in [0.15, 0.2) is 0 Å². The summed E-state index contributed by atoms with van der Waals surface area (Å²) in [6.07, 6.45) is 1.64. The van der Waals surface area contributed by atoms with Crippen molar-refractivity contribution >= 4 is 29.0 Å².